The highest BCUT2D eigenvalue weighted by Gasteiger charge is 2.50. The van der Waals surface area contributed by atoms with E-state index in [0.717, 1.165) is 5.56 Å². The van der Waals surface area contributed by atoms with E-state index in [-0.39, 0.29) is 19.1 Å². The van der Waals surface area contributed by atoms with Crippen LogP contribution in [0.4, 0.5) is 0 Å². The normalized spacial score (nSPS) is 19.7. The number of nitrogens with two attached hydrogens (primary N) is 1. The van der Waals surface area contributed by atoms with Crippen LogP contribution in [0.5, 0.6) is 11.5 Å². The first-order valence-corrected chi connectivity index (χ1v) is 13.0. The fourth-order valence-corrected chi connectivity index (χ4v) is 4.73. The number of ketones is 1. The van der Waals surface area contributed by atoms with E-state index >= 15 is 0 Å². The summed E-state index contributed by atoms with van der Waals surface area (Å²) in [5.41, 5.74) is 1.43. The van der Waals surface area contributed by atoms with Crippen molar-refractivity contribution in [1.82, 2.24) is 15.6 Å². The summed E-state index contributed by atoms with van der Waals surface area (Å²) in [5, 5.41) is 6.03. The van der Waals surface area contributed by atoms with Gasteiger partial charge in [0, 0.05) is 6.08 Å². The average molecular weight is 549 g/mol. The molecule has 2 aliphatic heterocycles. The number of fused-ring (bicyclic) bond motifs is 1. The second kappa shape index (κ2) is 12.1. The molecule has 0 radical (unpaired) electrons. The highest BCUT2D eigenvalue weighted by atomic mass is 16.7. The van der Waals surface area contributed by atoms with Gasteiger partial charge in [-0.15, -0.1) is 0 Å². The van der Waals surface area contributed by atoms with Gasteiger partial charge in [0.25, 0.3) is 5.91 Å². The number of rotatable bonds is 10. The predicted molar refractivity (Wildman–Crippen MR) is 144 cm³/mol. The van der Waals surface area contributed by atoms with E-state index in [2.05, 4.69) is 10.6 Å². The Balaban J connectivity index is 1.45. The number of carbonyl (C=O) groups excluding carboxylic acids is 5. The van der Waals surface area contributed by atoms with E-state index in [4.69, 9.17) is 15.3 Å². The summed E-state index contributed by atoms with van der Waals surface area (Å²) in [6, 6.07) is 12.5. The molecule has 1 saturated heterocycles. The SMILES string of the molecule is CC(C)[C@H](NC(=O)C[C@H](NC(=O)/C=C/c1ccc2c(c1)OCO2)c1ccccc1)C(=O)[C@@H]1C(=O)N(N)C(=O)[C@H]1C. The lowest BCUT2D eigenvalue weighted by molar-refractivity contribution is -0.142. The minimum Gasteiger partial charge on any atom is -0.454 e. The molecular formula is C29H32N4O7. The number of amides is 4. The van der Waals surface area contributed by atoms with Gasteiger partial charge in [-0.05, 0) is 35.3 Å². The zero-order valence-electron chi connectivity index (χ0n) is 22.5. The lowest BCUT2D eigenvalue weighted by Gasteiger charge is -2.26. The maximum absolute atomic E-state index is 13.3. The maximum Gasteiger partial charge on any atom is 0.255 e. The van der Waals surface area contributed by atoms with Crippen LogP contribution in [0, 0.1) is 17.8 Å². The van der Waals surface area contributed by atoms with Crippen molar-refractivity contribution < 1.29 is 33.4 Å². The Morgan fingerprint density at radius 3 is 2.38 bits per heavy atom. The Bertz CT molecular complexity index is 1340. The molecule has 0 unspecified atom stereocenters. The van der Waals surface area contributed by atoms with Gasteiger partial charge in [-0.2, -0.15) is 0 Å². The van der Waals surface area contributed by atoms with Crippen LogP contribution in [0.2, 0.25) is 0 Å². The van der Waals surface area contributed by atoms with Gasteiger partial charge in [0.15, 0.2) is 17.3 Å². The van der Waals surface area contributed by atoms with Gasteiger partial charge in [0.1, 0.15) is 5.92 Å². The van der Waals surface area contributed by atoms with Crippen molar-refractivity contribution in [2.75, 3.05) is 6.79 Å². The topological polar surface area (TPSA) is 157 Å². The van der Waals surface area contributed by atoms with Gasteiger partial charge in [0.2, 0.25) is 24.5 Å². The molecule has 0 spiro atoms. The number of nitrogens with one attached hydrogen (secondary N) is 2. The Kier molecular flexibility index (Phi) is 8.64. The molecule has 1 fully saturated rings. The molecule has 2 aromatic carbocycles. The van der Waals surface area contributed by atoms with Gasteiger partial charge >= 0.3 is 0 Å². The molecule has 0 bridgehead atoms. The Labute approximate surface area is 231 Å². The highest BCUT2D eigenvalue weighted by Crippen LogP contribution is 2.33. The van der Waals surface area contributed by atoms with E-state index in [0.29, 0.717) is 22.1 Å². The molecule has 2 aliphatic rings. The van der Waals surface area contributed by atoms with Crippen molar-refractivity contribution in [3.8, 4) is 11.5 Å². The first kappa shape index (κ1) is 28.5. The van der Waals surface area contributed by atoms with Crippen LogP contribution >= 0.6 is 0 Å². The van der Waals surface area contributed by atoms with Crippen molar-refractivity contribution in [2.45, 2.75) is 39.3 Å². The Morgan fingerprint density at radius 1 is 1.02 bits per heavy atom. The average Bonchev–Trinajstić information content (AvgIpc) is 3.48. The monoisotopic (exact) mass is 548 g/mol. The van der Waals surface area contributed by atoms with Gasteiger partial charge in [-0.1, -0.05) is 57.2 Å². The van der Waals surface area contributed by atoms with Crippen molar-refractivity contribution in [3.05, 3.63) is 65.7 Å². The number of hydrazine groups is 1. The fourth-order valence-electron chi connectivity index (χ4n) is 4.73. The molecule has 4 rings (SSSR count). The molecular weight excluding hydrogens is 516 g/mol. The minimum atomic E-state index is -1.27. The molecule has 210 valence electrons. The molecule has 2 heterocycles. The van der Waals surface area contributed by atoms with Crippen LogP contribution in [-0.4, -0.2) is 47.3 Å². The van der Waals surface area contributed by atoms with E-state index in [9.17, 15) is 24.0 Å². The summed E-state index contributed by atoms with van der Waals surface area (Å²) in [7, 11) is 0. The summed E-state index contributed by atoms with van der Waals surface area (Å²) in [6.45, 7) is 5.07. The lowest BCUT2D eigenvalue weighted by Crippen LogP contribution is -2.50. The first-order chi connectivity index (χ1) is 19.1. The fraction of sp³-hybridized carbons (Fsp3) is 0.345. The Hall–Kier alpha value is -4.51. The van der Waals surface area contributed by atoms with Crippen molar-refractivity contribution in [2.24, 2.45) is 23.6 Å². The van der Waals surface area contributed by atoms with Crippen molar-refractivity contribution in [1.29, 1.82) is 0 Å². The van der Waals surface area contributed by atoms with Crippen molar-refractivity contribution >= 4 is 35.5 Å². The van der Waals surface area contributed by atoms with E-state index in [1.165, 1.54) is 13.0 Å². The lowest BCUT2D eigenvalue weighted by atomic mass is 9.85. The van der Waals surface area contributed by atoms with Crippen LogP contribution in [0.3, 0.4) is 0 Å². The second-order valence-electron chi connectivity index (χ2n) is 10.1. The molecule has 11 nitrogen and oxygen atoms in total. The zero-order valence-corrected chi connectivity index (χ0v) is 22.5. The van der Waals surface area contributed by atoms with Crippen LogP contribution in [0.15, 0.2) is 54.6 Å². The number of Topliss-reactive ketones (excluding diaryl/α,β-unsaturated/α-hetero) is 1. The number of benzene rings is 2. The largest absolute Gasteiger partial charge is 0.454 e. The predicted octanol–water partition coefficient (Wildman–Crippen LogP) is 1.88. The number of hydrogen-bond acceptors (Lipinski definition) is 8. The van der Waals surface area contributed by atoms with Gasteiger partial charge in [-0.3, -0.25) is 24.0 Å². The molecule has 4 N–H and O–H groups in total. The summed E-state index contributed by atoms with van der Waals surface area (Å²) < 4.78 is 10.7. The van der Waals surface area contributed by atoms with Gasteiger partial charge in [0.05, 0.1) is 24.4 Å². The van der Waals surface area contributed by atoms with Crippen molar-refractivity contribution in [3.63, 3.8) is 0 Å². The van der Waals surface area contributed by atoms with Gasteiger partial charge in [-0.25, -0.2) is 10.9 Å². The second-order valence-corrected chi connectivity index (χ2v) is 10.1. The van der Waals surface area contributed by atoms with Crippen LogP contribution in [0.25, 0.3) is 6.08 Å². The molecule has 40 heavy (non-hydrogen) atoms. The smallest absolute Gasteiger partial charge is 0.255 e. The van der Waals surface area contributed by atoms with Crippen LogP contribution in [-0.2, 0) is 24.0 Å². The molecule has 2 aromatic rings. The molecule has 0 aliphatic carbocycles. The molecule has 0 aromatic heterocycles. The summed E-state index contributed by atoms with van der Waals surface area (Å²) in [5.74, 6) is 1.25. The third kappa shape index (κ3) is 6.20. The van der Waals surface area contributed by atoms with Gasteiger partial charge < -0.3 is 20.1 Å². The minimum absolute atomic E-state index is 0.145. The summed E-state index contributed by atoms with van der Waals surface area (Å²) >= 11 is 0. The Morgan fingerprint density at radius 2 is 1.73 bits per heavy atom. The first-order valence-electron chi connectivity index (χ1n) is 13.0. The molecule has 11 heteroatoms. The van der Waals surface area contributed by atoms with E-state index in [1.54, 1.807) is 62.4 Å². The number of ether oxygens (including phenoxy) is 2. The number of hydrogen-bond donors (Lipinski definition) is 3. The number of imide groups is 1. The third-order valence-corrected chi connectivity index (χ3v) is 6.96. The highest BCUT2D eigenvalue weighted by molar-refractivity contribution is 6.16. The molecule has 4 amide bonds. The summed E-state index contributed by atoms with van der Waals surface area (Å²) in [4.78, 5) is 63.9. The van der Waals surface area contributed by atoms with E-state index in [1.807, 2.05) is 6.07 Å². The van der Waals surface area contributed by atoms with E-state index < -0.39 is 53.3 Å². The maximum atomic E-state index is 13.3. The van der Waals surface area contributed by atoms with Crippen LogP contribution < -0.4 is 25.9 Å². The molecule has 0 saturated carbocycles. The zero-order chi connectivity index (χ0) is 29.0. The van der Waals surface area contributed by atoms with Crippen LogP contribution in [0.1, 0.15) is 44.4 Å². The number of carbonyl (C=O) groups is 5. The molecule has 4 atom stereocenters. The third-order valence-electron chi connectivity index (χ3n) is 6.96. The number of nitrogens with zero attached hydrogens (tertiary/aromatic N) is 1. The standard InChI is InChI=1S/C29H32N4O7/c1-16(2)26(27(36)25-17(3)28(37)33(30)29(25)38)32-24(35)14-20(19-7-5-4-6-8-19)31-23(34)12-10-18-9-11-21-22(13-18)40-15-39-21/h4-13,16-17,20,25-26H,14-15,30H2,1-3H3,(H,31,34)(H,32,35)/b12-10+/t17-,20-,25+,26-/m0/s1. The quantitative estimate of drug-likeness (QED) is 0.134. The summed E-state index contributed by atoms with van der Waals surface area (Å²) in [6.07, 6.45) is 2.81.